The zero-order valence-corrected chi connectivity index (χ0v) is 19.1. The molecule has 0 aliphatic carbocycles. The summed E-state index contributed by atoms with van der Waals surface area (Å²) < 4.78 is 42.2. The van der Waals surface area contributed by atoms with Crippen LogP contribution in [-0.4, -0.2) is 34.5 Å². The highest BCUT2D eigenvalue weighted by molar-refractivity contribution is 7.92. The van der Waals surface area contributed by atoms with Crippen LogP contribution in [0.1, 0.15) is 43.5 Å². The Labute approximate surface area is 182 Å². The fourth-order valence-corrected chi connectivity index (χ4v) is 4.74. The number of aliphatic hydroxyl groups is 1. The SMILES string of the molecule is CCn1nccc1N(c1nc(C(C)C)c(CO)c(-c2ccc(F)cc2)c1C)S(C)(=O)=O. The molecule has 0 amide bonds. The van der Waals surface area contributed by atoms with Crippen LogP contribution >= 0.6 is 0 Å². The van der Waals surface area contributed by atoms with Crippen molar-refractivity contribution in [1.29, 1.82) is 0 Å². The van der Waals surface area contributed by atoms with Crippen LogP contribution in [0.25, 0.3) is 11.1 Å². The molecule has 0 radical (unpaired) electrons. The van der Waals surface area contributed by atoms with Gasteiger partial charge in [-0.3, -0.25) is 0 Å². The van der Waals surface area contributed by atoms with Gasteiger partial charge in [0.1, 0.15) is 11.6 Å². The average molecular weight is 447 g/mol. The molecule has 0 atom stereocenters. The van der Waals surface area contributed by atoms with Gasteiger partial charge in [0, 0.05) is 23.7 Å². The minimum absolute atomic E-state index is 0.0850. The van der Waals surface area contributed by atoms with Gasteiger partial charge in [0.25, 0.3) is 0 Å². The molecule has 0 unspecified atom stereocenters. The van der Waals surface area contributed by atoms with Crippen molar-refractivity contribution in [2.24, 2.45) is 0 Å². The molecule has 1 N–H and O–H groups in total. The molecule has 0 fully saturated rings. The molecule has 31 heavy (non-hydrogen) atoms. The number of hydrogen-bond donors (Lipinski definition) is 1. The van der Waals surface area contributed by atoms with Gasteiger partial charge in [-0.2, -0.15) is 5.10 Å². The molecule has 0 saturated carbocycles. The minimum Gasteiger partial charge on any atom is -0.392 e. The maximum Gasteiger partial charge on any atom is 0.239 e. The van der Waals surface area contributed by atoms with E-state index in [1.807, 2.05) is 20.8 Å². The second-order valence-corrected chi connectivity index (χ2v) is 9.48. The topological polar surface area (TPSA) is 88.3 Å². The number of sulfonamides is 1. The third-order valence-electron chi connectivity index (χ3n) is 5.11. The molecule has 0 saturated heterocycles. The predicted molar refractivity (Wildman–Crippen MR) is 119 cm³/mol. The molecule has 166 valence electrons. The van der Waals surface area contributed by atoms with E-state index in [4.69, 9.17) is 4.98 Å². The summed E-state index contributed by atoms with van der Waals surface area (Å²) in [7, 11) is -3.78. The predicted octanol–water partition coefficient (Wildman–Crippen LogP) is 4.13. The van der Waals surface area contributed by atoms with Gasteiger partial charge < -0.3 is 5.11 Å². The molecule has 3 rings (SSSR count). The molecule has 9 heteroatoms. The molecule has 7 nitrogen and oxygen atoms in total. The Morgan fingerprint density at radius 3 is 2.35 bits per heavy atom. The number of rotatable bonds is 7. The summed E-state index contributed by atoms with van der Waals surface area (Å²) in [5.74, 6) is 0.142. The van der Waals surface area contributed by atoms with Gasteiger partial charge >= 0.3 is 0 Å². The number of halogens is 1. The zero-order valence-electron chi connectivity index (χ0n) is 18.3. The fraction of sp³-hybridized carbons (Fsp3) is 0.364. The number of aryl methyl sites for hydroxylation is 1. The number of nitrogens with zero attached hydrogens (tertiary/aromatic N) is 4. The molecule has 0 bridgehead atoms. The Morgan fingerprint density at radius 2 is 1.84 bits per heavy atom. The summed E-state index contributed by atoms with van der Waals surface area (Å²) in [4.78, 5) is 4.72. The van der Waals surface area contributed by atoms with Crippen LogP contribution < -0.4 is 4.31 Å². The van der Waals surface area contributed by atoms with Crippen molar-refractivity contribution in [2.75, 3.05) is 10.6 Å². The number of anilines is 2. The first-order chi connectivity index (χ1) is 14.6. The van der Waals surface area contributed by atoms with Gasteiger partial charge in [-0.15, -0.1) is 0 Å². The van der Waals surface area contributed by atoms with Gasteiger partial charge in [-0.1, -0.05) is 26.0 Å². The van der Waals surface area contributed by atoms with E-state index in [1.165, 1.54) is 16.4 Å². The Morgan fingerprint density at radius 1 is 1.19 bits per heavy atom. The molecule has 3 aromatic rings. The average Bonchev–Trinajstić information content (AvgIpc) is 3.16. The van der Waals surface area contributed by atoms with Crippen LogP contribution in [0.2, 0.25) is 0 Å². The Kier molecular flexibility index (Phi) is 6.47. The van der Waals surface area contributed by atoms with E-state index < -0.39 is 10.0 Å². The molecule has 1 aromatic carbocycles. The van der Waals surface area contributed by atoms with E-state index >= 15 is 0 Å². The third-order valence-corrected chi connectivity index (χ3v) is 6.13. The Hall–Kier alpha value is -2.78. The van der Waals surface area contributed by atoms with Gasteiger partial charge in [0.05, 0.1) is 24.8 Å². The quantitative estimate of drug-likeness (QED) is 0.590. The van der Waals surface area contributed by atoms with Crippen molar-refractivity contribution in [3.63, 3.8) is 0 Å². The summed E-state index contributed by atoms with van der Waals surface area (Å²) in [6, 6.07) is 7.53. The maximum absolute atomic E-state index is 13.6. The summed E-state index contributed by atoms with van der Waals surface area (Å²) >= 11 is 0. The largest absolute Gasteiger partial charge is 0.392 e. The molecule has 0 aliphatic rings. The molecular weight excluding hydrogens is 419 g/mol. The van der Waals surface area contributed by atoms with Gasteiger partial charge in [-0.25, -0.2) is 26.8 Å². The van der Waals surface area contributed by atoms with E-state index in [0.717, 1.165) is 6.26 Å². The lowest BCUT2D eigenvalue weighted by atomic mass is 9.91. The highest BCUT2D eigenvalue weighted by Crippen LogP contribution is 2.40. The van der Waals surface area contributed by atoms with Crippen molar-refractivity contribution in [1.82, 2.24) is 14.8 Å². The zero-order chi connectivity index (χ0) is 22.9. The lowest BCUT2D eigenvalue weighted by Gasteiger charge is -2.27. The monoisotopic (exact) mass is 446 g/mol. The number of pyridine rings is 1. The number of benzene rings is 1. The number of aromatic nitrogens is 3. The summed E-state index contributed by atoms with van der Waals surface area (Å²) in [5.41, 5.74) is 3.06. The second-order valence-electron chi connectivity index (χ2n) is 7.65. The summed E-state index contributed by atoms with van der Waals surface area (Å²) in [6.45, 7) is 7.68. The van der Waals surface area contributed by atoms with Crippen molar-refractivity contribution >= 4 is 21.7 Å². The molecule has 2 heterocycles. The van der Waals surface area contributed by atoms with E-state index in [-0.39, 0.29) is 24.2 Å². The molecule has 0 aliphatic heterocycles. The van der Waals surface area contributed by atoms with Crippen molar-refractivity contribution in [2.45, 2.75) is 46.8 Å². The first-order valence-electron chi connectivity index (χ1n) is 10.0. The standard InChI is InChI=1S/C22H27FN4O3S/c1-6-26-19(11-12-24-26)27(31(5,29)30)22-15(4)20(16-7-9-17(23)10-8-16)18(13-28)21(25-22)14(2)3/h7-12,14,28H,6,13H2,1-5H3. The summed E-state index contributed by atoms with van der Waals surface area (Å²) in [6.07, 6.45) is 2.66. The van der Waals surface area contributed by atoms with Crippen LogP contribution in [0.4, 0.5) is 16.0 Å². The maximum atomic E-state index is 13.6. The van der Waals surface area contributed by atoms with Gasteiger partial charge in [0.2, 0.25) is 10.0 Å². The Bertz CT molecular complexity index is 1190. The smallest absolute Gasteiger partial charge is 0.239 e. The second kappa shape index (κ2) is 8.76. The third kappa shape index (κ3) is 4.33. The normalized spacial score (nSPS) is 11.9. The first kappa shape index (κ1) is 22.9. The lowest BCUT2D eigenvalue weighted by molar-refractivity contribution is 0.280. The van der Waals surface area contributed by atoms with Crippen molar-refractivity contribution < 1.29 is 17.9 Å². The lowest BCUT2D eigenvalue weighted by Crippen LogP contribution is -2.29. The number of aliphatic hydroxyl groups excluding tert-OH is 1. The van der Waals surface area contributed by atoms with Crippen LogP contribution in [0.3, 0.4) is 0 Å². The summed E-state index contributed by atoms with van der Waals surface area (Å²) in [5, 5.41) is 14.4. The van der Waals surface area contributed by atoms with E-state index in [1.54, 1.807) is 36.0 Å². The Balaban J connectivity index is 2.42. The highest BCUT2D eigenvalue weighted by atomic mass is 32.2. The first-order valence-corrected chi connectivity index (χ1v) is 11.9. The van der Waals surface area contributed by atoms with Crippen molar-refractivity contribution in [3.8, 4) is 11.1 Å². The fourth-order valence-electron chi connectivity index (χ4n) is 3.75. The van der Waals surface area contributed by atoms with Crippen LogP contribution in [0, 0.1) is 12.7 Å². The van der Waals surface area contributed by atoms with Gasteiger partial charge in [-0.05, 0) is 43.0 Å². The molecule has 0 spiro atoms. The van der Waals surface area contributed by atoms with Crippen LogP contribution in [0.5, 0.6) is 0 Å². The molecular formula is C22H27FN4O3S. The minimum atomic E-state index is -3.78. The molecule has 2 aromatic heterocycles. The highest BCUT2D eigenvalue weighted by Gasteiger charge is 2.30. The van der Waals surface area contributed by atoms with E-state index in [0.29, 0.717) is 40.3 Å². The van der Waals surface area contributed by atoms with Crippen molar-refractivity contribution in [3.05, 3.63) is 59.2 Å². The van der Waals surface area contributed by atoms with Gasteiger partial charge in [0.15, 0.2) is 5.82 Å². The number of hydrogen-bond acceptors (Lipinski definition) is 5. The van der Waals surface area contributed by atoms with E-state index in [9.17, 15) is 17.9 Å². The van der Waals surface area contributed by atoms with Crippen LogP contribution in [0.15, 0.2) is 36.5 Å². The van der Waals surface area contributed by atoms with E-state index in [2.05, 4.69) is 5.10 Å². The van der Waals surface area contributed by atoms with Crippen LogP contribution in [-0.2, 0) is 23.2 Å².